The van der Waals surface area contributed by atoms with E-state index in [1.807, 2.05) is 11.6 Å². The molecule has 0 saturated carbocycles. The topological polar surface area (TPSA) is 58.2 Å². The van der Waals surface area contributed by atoms with Crippen molar-refractivity contribution in [2.24, 2.45) is 0 Å². The van der Waals surface area contributed by atoms with E-state index in [4.69, 9.17) is 0 Å². The molecule has 2 N–H and O–H groups in total. The molecule has 0 bridgehead atoms. The molecule has 0 aliphatic heterocycles. The smallest absolute Gasteiger partial charge is 0.232 e. The summed E-state index contributed by atoms with van der Waals surface area (Å²) in [5.74, 6) is -3.92. The third-order valence-corrected chi connectivity index (χ3v) is 3.87. The van der Waals surface area contributed by atoms with Crippen LogP contribution < -0.4 is 10.0 Å². The van der Waals surface area contributed by atoms with Gasteiger partial charge in [-0.15, -0.1) is 0 Å². The average Bonchev–Trinajstić information content (AvgIpc) is 2.33. The summed E-state index contributed by atoms with van der Waals surface area (Å²) in [6.07, 6.45) is 0.982. The van der Waals surface area contributed by atoms with Crippen molar-refractivity contribution in [1.29, 1.82) is 0 Å². The molecule has 0 saturated heterocycles. The number of unbranched alkanes of at least 4 members (excludes halogenated alkanes) is 1. The Morgan fingerprint density at radius 3 is 2.25 bits per heavy atom. The Morgan fingerprint density at radius 2 is 1.70 bits per heavy atom. The SMILES string of the molecule is CCNCCCCS(=O)(=O)Nc1c(F)cc(F)cc1F. The van der Waals surface area contributed by atoms with Crippen LogP contribution in [0.1, 0.15) is 19.8 Å². The van der Waals surface area contributed by atoms with Crippen molar-refractivity contribution in [3.05, 3.63) is 29.6 Å². The Hall–Kier alpha value is -1.28. The van der Waals surface area contributed by atoms with Crippen molar-refractivity contribution in [3.8, 4) is 0 Å². The largest absolute Gasteiger partial charge is 0.317 e. The first kappa shape index (κ1) is 16.8. The van der Waals surface area contributed by atoms with E-state index in [0.717, 1.165) is 6.54 Å². The van der Waals surface area contributed by atoms with E-state index in [0.29, 0.717) is 31.5 Å². The average molecular weight is 310 g/mol. The van der Waals surface area contributed by atoms with E-state index in [1.54, 1.807) is 0 Å². The van der Waals surface area contributed by atoms with E-state index in [-0.39, 0.29) is 5.75 Å². The highest BCUT2D eigenvalue weighted by atomic mass is 32.2. The van der Waals surface area contributed by atoms with E-state index in [2.05, 4.69) is 5.32 Å². The first-order valence-electron chi connectivity index (χ1n) is 6.21. The molecule has 0 fully saturated rings. The maximum absolute atomic E-state index is 13.3. The summed E-state index contributed by atoms with van der Waals surface area (Å²) in [5, 5.41) is 3.03. The molecule has 114 valence electrons. The molecule has 8 heteroatoms. The fraction of sp³-hybridized carbons (Fsp3) is 0.500. The Kier molecular flexibility index (Phi) is 6.28. The number of benzene rings is 1. The second-order valence-corrected chi connectivity index (χ2v) is 6.07. The van der Waals surface area contributed by atoms with Gasteiger partial charge in [-0.1, -0.05) is 6.92 Å². The van der Waals surface area contributed by atoms with Crippen LogP contribution in [0.2, 0.25) is 0 Å². The van der Waals surface area contributed by atoms with Gasteiger partial charge in [0.05, 0.1) is 5.75 Å². The van der Waals surface area contributed by atoms with E-state index in [9.17, 15) is 21.6 Å². The van der Waals surface area contributed by atoms with Crippen LogP contribution >= 0.6 is 0 Å². The van der Waals surface area contributed by atoms with Gasteiger partial charge in [0.25, 0.3) is 0 Å². The van der Waals surface area contributed by atoms with Gasteiger partial charge in [-0.25, -0.2) is 21.6 Å². The Morgan fingerprint density at radius 1 is 1.10 bits per heavy atom. The first-order chi connectivity index (χ1) is 9.35. The van der Waals surface area contributed by atoms with Gasteiger partial charge in [0, 0.05) is 12.1 Å². The zero-order valence-electron chi connectivity index (χ0n) is 11.0. The van der Waals surface area contributed by atoms with Crippen LogP contribution in [0.5, 0.6) is 0 Å². The molecule has 0 spiro atoms. The summed E-state index contributed by atoms with van der Waals surface area (Å²) in [7, 11) is -3.86. The highest BCUT2D eigenvalue weighted by molar-refractivity contribution is 7.92. The predicted molar refractivity (Wildman–Crippen MR) is 71.5 cm³/mol. The van der Waals surface area contributed by atoms with E-state index >= 15 is 0 Å². The van der Waals surface area contributed by atoms with Crippen LogP contribution in [0.25, 0.3) is 0 Å². The lowest BCUT2D eigenvalue weighted by molar-refractivity contribution is 0.547. The maximum atomic E-state index is 13.3. The van der Waals surface area contributed by atoms with Crippen LogP contribution in [-0.2, 0) is 10.0 Å². The zero-order valence-corrected chi connectivity index (χ0v) is 11.9. The predicted octanol–water partition coefficient (Wildman–Crippen LogP) is 2.24. The lowest BCUT2D eigenvalue weighted by atomic mass is 10.3. The lowest BCUT2D eigenvalue weighted by Crippen LogP contribution is -2.20. The van der Waals surface area contributed by atoms with Crippen LogP contribution in [-0.4, -0.2) is 27.3 Å². The molecule has 0 heterocycles. The van der Waals surface area contributed by atoms with Gasteiger partial charge < -0.3 is 5.32 Å². The van der Waals surface area contributed by atoms with E-state index < -0.39 is 33.2 Å². The minimum Gasteiger partial charge on any atom is -0.317 e. The molecule has 0 unspecified atom stereocenters. The monoisotopic (exact) mass is 310 g/mol. The van der Waals surface area contributed by atoms with Crippen LogP contribution in [0.4, 0.5) is 18.9 Å². The van der Waals surface area contributed by atoms with Crippen LogP contribution in [0.3, 0.4) is 0 Å². The van der Waals surface area contributed by atoms with Gasteiger partial charge in [0.15, 0.2) is 11.6 Å². The van der Waals surface area contributed by atoms with Crippen molar-refractivity contribution in [2.45, 2.75) is 19.8 Å². The van der Waals surface area contributed by atoms with Crippen LogP contribution in [0.15, 0.2) is 12.1 Å². The van der Waals surface area contributed by atoms with Crippen molar-refractivity contribution < 1.29 is 21.6 Å². The Balaban J connectivity index is 2.63. The third kappa shape index (κ3) is 5.38. The van der Waals surface area contributed by atoms with Gasteiger partial charge in [-0.2, -0.15) is 0 Å². The molecule has 0 atom stereocenters. The Labute approximate surface area is 116 Å². The zero-order chi connectivity index (χ0) is 15.2. The summed E-state index contributed by atoms with van der Waals surface area (Å²) >= 11 is 0. The highest BCUT2D eigenvalue weighted by Gasteiger charge is 2.17. The molecule has 0 aromatic heterocycles. The third-order valence-electron chi connectivity index (χ3n) is 2.53. The molecule has 20 heavy (non-hydrogen) atoms. The minimum absolute atomic E-state index is 0.255. The second-order valence-electron chi connectivity index (χ2n) is 4.23. The van der Waals surface area contributed by atoms with Crippen molar-refractivity contribution in [1.82, 2.24) is 5.32 Å². The summed E-state index contributed by atoms with van der Waals surface area (Å²) in [6, 6.07) is 0.845. The van der Waals surface area contributed by atoms with Gasteiger partial charge in [0.2, 0.25) is 10.0 Å². The second kappa shape index (κ2) is 7.49. The lowest BCUT2D eigenvalue weighted by Gasteiger charge is -2.10. The standard InChI is InChI=1S/C12H17F3N2O2S/c1-2-16-5-3-4-6-20(18,19)17-12-10(14)7-9(13)8-11(12)15/h7-8,16-17H,2-6H2,1H3. The van der Waals surface area contributed by atoms with Gasteiger partial charge in [-0.05, 0) is 25.9 Å². The number of hydrogen-bond donors (Lipinski definition) is 2. The summed E-state index contributed by atoms with van der Waals surface area (Å²) in [5.41, 5.74) is -0.849. The van der Waals surface area contributed by atoms with Gasteiger partial charge in [0.1, 0.15) is 11.5 Å². The fourth-order valence-electron chi connectivity index (χ4n) is 1.57. The number of anilines is 1. The van der Waals surface area contributed by atoms with Gasteiger partial charge >= 0.3 is 0 Å². The van der Waals surface area contributed by atoms with Crippen LogP contribution in [0, 0.1) is 17.5 Å². The quantitative estimate of drug-likeness (QED) is 0.724. The first-order valence-corrected chi connectivity index (χ1v) is 7.86. The molecular weight excluding hydrogens is 293 g/mol. The van der Waals surface area contributed by atoms with Crippen molar-refractivity contribution >= 4 is 15.7 Å². The molecule has 4 nitrogen and oxygen atoms in total. The molecule has 0 aliphatic rings. The normalized spacial score (nSPS) is 11.6. The molecule has 0 aliphatic carbocycles. The van der Waals surface area contributed by atoms with Gasteiger partial charge in [-0.3, -0.25) is 4.72 Å². The fourth-order valence-corrected chi connectivity index (χ4v) is 2.76. The molecule has 1 rings (SSSR count). The molecule has 1 aromatic rings. The summed E-state index contributed by atoms with van der Waals surface area (Å²) in [4.78, 5) is 0. The number of nitrogens with one attached hydrogen (secondary N) is 2. The van der Waals surface area contributed by atoms with Crippen molar-refractivity contribution in [3.63, 3.8) is 0 Å². The number of sulfonamides is 1. The minimum atomic E-state index is -3.86. The van der Waals surface area contributed by atoms with E-state index in [1.165, 1.54) is 0 Å². The number of halogens is 3. The molecule has 1 aromatic carbocycles. The molecular formula is C12H17F3N2O2S. The molecule has 0 radical (unpaired) electrons. The Bertz CT molecular complexity index is 527. The number of rotatable bonds is 8. The summed E-state index contributed by atoms with van der Waals surface area (Å²) in [6.45, 7) is 3.39. The summed E-state index contributed by atoms with van der Waals surface area (Å²) < 4.78 is 64.5. The highest BCUT2D eigenvalue weighted by Crippen LogP contribution is 2.21. The van der Waals surface area contributed by atoms with Crippen molar-refractivity contribution in [2.75, 3.05) is 23.6 Å². The number of hydrogen-bond acceptors (Lipinski definition) is 3. The molecule has 0 amide bonds. The maximum Gasteiger partial charge on any atom is 0.232 e.